The lowest BCUT2D eigenvalue weighted by molar-refractivity contribution is 0.252. The van der Waals surface area contributed by atoms with E-state index in [4.69, 9.17) is 10.3 Å². The Morgan fingerprint density at radius 2 is 2.25 bits per heavy atom. The summed E-state index contributed by atoms with van der Waals surface area (Å²) >= 11 is 1.90. The number of hydrogen-bond acceptors (Lipinski definition) is 5. The van der Waals surface area contributed by atoms with Gasteiger partial charge in [-0.05, 0) is 24.0 Å². The van der Waals surface area contributed by atoms with Crippen LogP contribution in [-0.4, -0.2) is 15.9 Å². The van der Waals surface area contributed by atoms with E-state index in [2.05, 4.69) is 30.9 Å². The number of aromatic nitrogens is 2. The van der Waals surface area contributed by atoms with Crippen LogP contribution < -0.4 is 5.73 Å². The average Bonchev–Trinajstić information content (AvgIpc) is 2.85. The predicted octanol–water partition coefficient (Wildman–Crippen LogP) is 2.68. The van der Waals surface area contributed by atoms with Gasteiger partial charge in [-0.1, -0.05) is 25.9 Å². The van der Waals surface area contributed by atoms with Gasteiger partial charge in [0.25, 0.3) is 0 Å². The van der Waals surface area contributed by atoms with Crippen LogP contribution in [0.3, 0.4) is 0 Å². The van der Waals surface area contributed by atoms with Gasteiger partial charge in [0.2, 0.25) is 5.89 Å². The second kappa shape index (κ2) is 4.37. The van der Waals surface area contributed by atoms with Crippen LogP contribution >= 0.6 is 11.8 Å². The van der Waals surface area contributed by atoms with Gasteiger partial charge in [-0.15, -0.1) is 0 Å². The molecule has 1 aromatic heterocycles. The Bertz CT molecular complexity index is 352. The number of thioether (sulfide) groups is 1. The highest BCUT2D eigenvalue weighted by Gasteiger charge is 2.29. The predicted molar refractivity (Wildman–Crippen MR) is 65.1 cm³/mol. The van der Waals surface area contributed by atoms with Crippen LogP contribution in [0.5, 0.6) is 0 Å². The molecular weight excluding hydrogens is 222 g/mol. The van der Waals surface area contributed by atoms with Crippen molar-refractivity contribution < 1.29 is 4.52 Å². The molecule has 0 amide bonds. The summed E-state index contributed by atoms with van der Waals surface area (Å²) in [6.07, 6.45) is 2.39. The Morgan fingerprint density at radius 1 is 1.50 bits per heavy atom. The molecular formula is C11H19N3OS. The molecule has 0 aromatic carbocycles. The molecule has 1 unspecified atom stereocenters. The summed E-state index contributed by atoms with van der Waals surface area (Å²) in [7, 11) is 0. The third-order valence-electron chi connectivity index (χ3n) is 2.87. The van der Waals surface area contributed by atoms with Gasteiger partial charge < -0.3 is 10.3 Å². The Kier molecular flexibility index (Phi) is 3.26. The van der Waals surface area contributed by atoms with E-state index < -0.39 is 0 Å². The zero-order chi connectivity index (χ0) is 11.8. The summed E-state index contributed by atoms with van der Waals surface area (Å²) in [4.78, 5) is 4.44. The number of hydrogen-bond donors (Lipinski definition) is 1. The highest BCUT2D eigenvalue weighted by Crippen LogP contribution is 2.39. The van der Waals surface area contributed by atoms with Crippen molar-refractivity contribution in [2.45, 2.75) is 44.9 Å². The van der Waals surface area contributed by atoms with Crippen molar-refractivity contribution >= 4 is 11.8 Å². The van der Waals surface area contributed by atoms with Crippen LogP contribution in [0.1, 0.15) is 56.6 Å². The minimum Gasteiger partial charge on any atom is -0.338 e. The van der Waals surface area contributed by atoms with Crippen LogP contribution in [-0.2, 0) is 0 Å². The van der Waals surface area contributed by atoms with Gasteiger partial charge in [0, 0.05) is 0 Å². The lowest BCUT2D eigenvalue weighted by Gasteiger charge is -2.23. The lowest BCUT2D eigenvalue weighted by Crippen LogP contribution is -2.26. The first kappa shape index (κ1) is 11.9. The van der Waals surface area contributed by atoms with Crippen LogP contribution in [0.25, 0.3) is 0 Å². The van der Waals surface area contributed by atoms with E-state index in [1.54, 1.807) is 0 Å². The molecule has 1 aliphatic heterocycles. The molecule has 2 N–H and O–H groups in total. The van der Waals surface area contributed by atoms with E-state index in [-0.39, 0.29) is 11.5 Å². The molecule has 0 aliphatic carbocycles. The summed E-state index contributed by atoms with van der Waals surface area (Å²) in [5, 5.41) is 4.45. The van der Waals surface area contributed by atoms with E-state index in [0.717, 1.165) is 12.2 Å². The molecule has 0 radical (unpaired) electrons. The molecule has 5 heteroatoms. The van der Waals surface area contributed by atoms with Crippen molar-refractivity contribution in [3.63, 3.8) is 0 Å². The molecule has 2 atom stereocenters. The lowest BCUT2D eigenvalue weighted by atomic mass is 9.87. The Labute approximate surface area is 100 Å². The van der Waals surface area contributed by atoms with Crippen molar-refractivity contribution in [1.82, 2.24) is 10.1 Å². The Hall–Kier alpha value is -0.550. The summed E-state index contributed by atoms with van der Waals surface area (Å²) < 4.78 is 5.27. The molecule has 0 bridgehead atoms. The minimum atomic E-state index is -0.194. The third kappa shape index (κ3) is 2.40. The SMILES string of the molecule is CC(C)(C)[C@H](N)c1nc(C2CCCS2)no1. The fourth-order valence-electron chi connectivity index (χ4n) is 1.66. The monoisotopic (exact) mass is 241 g/mol. The molecule has 0 saturated carbocycles. The van der Waals surface area contributed by atoms with Crippen LogP contribution in [0.15, 0.2) is 4.52 Å². The maximum atomic E-state index is 6.08. The first-order chi connectivity index (χ1) is 7.48. The minimum absolute atomic E-state index is 0.0490. The second-order valence-corrected chi connectivity index (χ2v) is 6.65. The van der Waals surface area contributed by atoms with Gasteiger partial charge in [0.15, 0.2) is 5.82 Å². The molecule has 4 nitrogen and oxygen atoms in total. The molecule has 16 heavy (non-hydrogen) atoms. The summed E-state index contributed by atoms with van der Waals surface area (Å²) in [6.45, 7) is 6.23. The van der Waals surface area contributed by atoms with E-state index in [1.807, 2.05) is 11.8 Å². The molecule has 2 rings (SSSR count). The number of nitrogens with zero attached hydrogens (tertiary/aromatic N) is 2. The van der Waals surface area contributed by atoms with Crippen molar-refractivity contribution in [3.8, 4) is 0 Å². The van der Waals surface area contributed by atoms with Gasteiger partial charge in [-0.3, -0.25) is 0 Å². The zero-order valence-electron chi connectivity index (χ0n) is 10.1. The number of nitrogens with two attached hydrogens (primary N) is 1. The molecule has 2 heterocycles. The van der Waals surface area contributed by atoms with Crippen LogP contribution in [0, 0.1) is 5.41 Å². The van der Waals surface area contributed by atoms with Crippen LogP contribution in [0.2, 0.25) is 0 Å². The molecule has 1 aromatic rings. The number of rotatable bonds is 2. The van der Waals surface area contributed by atoms with E-state index in [9.17, 15) is 0 Å². The van der Waals surface area contributed by atoms with Crippen molar-refractivity contribution in [3.05, 3.63) is 11.7 Å². The van der Waals surface area contributed by atoms with Crippen molar-refractivity contribution in [1.29, 1.82) is 0 Å². The quantitative estimate of drug-likeness (QED) is 0.862. The smallest absolute Gasteiger partial charge is 0.244 e. The maximum Gasteiger partial charge on any atom is 0.244 e. The molecule has 90 valence electrons. The highest BCUT2D eigenvalue weighted by molar-refractivity contribution is 7.99. The molecule has 1 aliphatic rings. The van der Waals surface area contributed by atoms with Gasteiger partial charge >= 0.3 is 0 Å². The fourth-order valence-corrected chi connectivity index (χ4v) is 2.85. The van der Waals surface area contributed by atoms with E-state index in [0.29, 0.717) is 11.1 Å². The molecule has 1 fully saturated rings. The third-order valence-corrected chi connectivity index (χ3v) is 4.25. The first-order valence-electron chi connectivity index (χ1n) is 5.69. The van der Waals surface area contributed by atoms with Gasteiger partial charge in [-0.2, -0.15) is 16.7 Å². The van der Waals surface area contributed by atoms with Crippen LogP contribution in [0.4, 0.5) is 0 Å². The van der Waals surface area contributed by atoms with Gasteiger partial charge in [0.1, 0.15) is 0 Å². The van der Waals surface area contributed by atoms with Crippen molar-refractivity contribution in [2.75, 3.05) is 5.75 Å². The van der Waals surface area contributed by atoms with Gasteiger partial charge in [-0.25, -0.2) is 0 Å². The topological polar surface area (TPSA) is 64.9 Å². The summed E-state index contributed by atoms with van der Waals surface area (Å²) in [5.41, 5.74) is 6.03. The van der Waals surface area contributed by atoms with Crippen molar-refractivity contribution in [2.24, 2.45) is 11.1 Å². The standard InChI is InChI=1S/C11H19N3OS/c1-11(2,3)8(12)10-13-9(14-15-10)7-5-4-6-16-7/h7-8H,4-6,12H2,1-3H3/t7?,8-/m1/s1. The molecule has 1 saturated heterocycles. The van der Waals surface area contributed by atoms with E-state index >= 15 is 0 Å². The largest absolute Gasteiger partial charge is 0.338 e. The zero-order valence-corrected chi connectivity index (χ0v) is 10.9. The Balaban J connectivity index is 2.12. The average molecular weight is 241 g/mol. The summed E-state index contributed by atoms with van der Waals surface area (Å²) in [6, 6.07) is -0.194. The maximum absolute atomic E-state index is 6.08. The highest BCUT2D eigenvalue weighted by atomic mass is 32.2. The Morgan fingerprint density at radius 3 is 2.81 bits per heavy atom. The van der Waals surface area contributed by atoms with Gasteiger partial charge in [0.05, 0.1) is 11.3 Å². The first-order valence-corrected chi connectivity index (χ1v) is 6.74. The molecule has 0 spiro atoms. The fraction of sp³-hybridized carbons (Fsp3) is 0.818. The second-order valence-electron chi connectivity index (χ2n) is 5.34. The normalized spacial score (nSPS) is 23.6. The summed E-state index contributed by atoms with van der Waals surface area (Å²) in [5.74, 6) is 2.58. The van der Waals surface area contributed by atoms with E-state index in [1.165, 1.54) is 12.2 Å².